The molecule has 0 saturated carbocycles. The molecule has 1 unspecified atom stereocenters. The zero-order chi connectivity index (χ0) is 11.4. The quantitative estimate of drug-likeness (QED) is 0.764. The predicted octanol–water partition coefficient (Wildman–Crippen LogP) is 0.141. The van der Waals surface area contributed by atoms with Crippen LogP contribution < -0.4 is 10.7 Å². The fourth-order valence-corrected chi connectivity index (χ4v) is 1.67. The Bertz CT molecular complexity index is 421. The zero-order valence-electron chi connectivity index (χ0n) is 8.86. The maximum Gasteiger partial charge on any atom is 0.256 e. The average molecular weight is 222 g/mol. The van der Waals surface area contributed by atoms with E-state index in [1.54, 1.807) is 0 Å². The molecule has 0 spiro atoms. The lowest BCUT2D eigenvalue weighted by molar-refractivity contribution is 0.0943. The number of hydrogen-bond acceptors (Lipinski definition) is 3. The minimum atomic E-state index is -0.325. The molecule has 5 nitrogen and oxygen atoms in total. The van der Waals surface area contributed by atoms with Crippen LogP contribution in [0.2, 0.25) is 0 Å². The number of amides is 1. The third-order valence-electron chi connectivity index (χ3n) is 2.64. The van der Waals surface area contributed by atoms with Gasteiger partial charge in [0, 0.05) is 37.5 Å². The van der Waals surface area contributed by atoms with Crippen LogP contribution in [0.4, 0.5) is 0 Å². The third kappa shape index (κ3) is 2.49. The van der Waals surface area contributed by atoms with Gasteiger partial charge in [-0.3, -0.25) is 9.59 Å². The number of aromatic amines is 1. The summed E-state index contributed by atoms with van der Waals surface area (Å²) < 4.78 is 5.20. The van der Waals surface area contributed by atoms with E-state index in [9.17, 15) is 9.59 Å². The average Bonchev–Trinajstić information content (AvgIpc) is 2.79. The molecule has 1 aromatic heterocycles. The van der Waals surface area contributed by atoms with Gasteiger partial charge in [-0.2, -0.15) is 0 Å². The summed E-state index contributed by atoms with van der Waals surface area (Å²) in [5.41, 5.74) is -0.111. The van der Waals surface area contributed by atoms with Crippen molar-refractivity contribution in [3.63, 3.8) is 0 Å². The molecular weight excluding hydrogens is 208 g/mol. The van der Waals surface area contributed by atoms with Crippen LogP contribution in [0.15, 0.2) is 23.3 Å². The van der Waals surface area contributed by atoms with E-state index in [0.29, 0.717) is 19.1 Å². The van der Waals surface area contributed by atoms with E-state index in [1.807, 2.05) is 0 Å². The highest BCUT2D eigenvalue weighted by atomic mass is 16.5. The van der Waals surface area contributed by atoms with Crippen molar-refractivity contribution in [1.29, 1.82) is 0 Å². The van der Waals surface area contributed by atoms with E-state index in [-0.39, 0.29) is 16.9 Å². The van der Waals surface area contributed by atoms with Crippen molar-refractivity contribution in [3.8, 4) is 0 Å². The zero-order valence-corrected chi connectivity index (χ0v) is 8.86. The van der Waals surface area contributed by atoms with Gasteiger partial charge < -0.3 is 15.0 Å². The first-order valence-corrected chi connectivity index (χ1v) is 5.30. The monoisotopic (exact) mass is 222 g/mol. The number of nitrogens with one attached hydrogen (secondary N) is 2. The molecule has 1 aromatic rings. The normalized spacial score (nSPS) is 19.6. The van der Waals surface area contributed by atoms with Gasteiger partial charge in [0.1, 0.15) is 5.56 Å². The number of rotatable bonds is 3. The molecule has 1 saturated heterocycles. The van der Waals surface area contributed by atoms with Crippen molar-refractivity contribution in [3.05, 3.63) is 34.2 Å². The molecule has 1 fully saturated rings. The lowest BCUT2D eigenvalue weighted by atomic mass is 10.1. The Kier molecular flexibility index (Phi) is 3.36. The molecule has 1 aliphatic heterocycles. The van der Waals surface area contributed by atoms with Crippen molar-refractivity contribution in [2.75, 3.05) is 19.8 Å². The molecule has 1 atom stereocenters. The lowest BCUT2D eigenvalue weighted by Gasteiger charge is -2.08. The fourth-order valence-electron chi connectivity index (χ4n) is 1.67. The van der Waals surface area contributed by atoms with Crippen LogP contribution >= 0.6 is 0 Å². The molecule has 0 radical (unpaired) electrons. The highest BCUT2D eigenvalue weighted by Crippen LogP contribution is 2.10. The Hall–Kier alpha value is -1.62. The number of hydrogen-bond donors (Lipinski definition) is 2. The van der Waals surface area contributed by atoms with Crippen LogP contribution in [-0.4, -0.2) is 30.6 Å². The molecule has 16 heavy (non-hydrogen) atoms. The Morgan fingerprint density at radius 2 is 2.50 bits per heavy atom. The van der Waals surface area contributed by atoms with Gasteiger partial charge in [-0.15, -0.1) is 0 Å². The summed E-state index contributed by atoms with van der Waals surface area (Å²) in [7, 11) is 0. The maximum atomic E-state index is 11.7. The number of carbonyl (C=O) groups is 1. The van der Waals surface area contributed by atoms with Gasteiger partial charge in [0.25, 0.3) is 5.91 Å². The van der Waals surface area contributed by atoms with Gasteiger partial charge in [0.05, 0.1) is 6.61 Å². The van der Waals surface area contributed by atoms with Crippen molar-refractivity contribution in [1.82, 2.24) is 10.3 Å². The molecule has 0 bridgehead atoms. The van der Waals surface area contributed by atoms with Gasteiger partial charge >= 0.3 is 0 Å². The molecule has 2 N–H and O–H groups in total. The second-order valence-corrected chi connectivity index (χ2v) is 3.86. The molecule has 5 heteroatoms. The molecule has 1 amide bonds. The molecular formula is C11H14N2O3. The Morgan fingerprint density at radius 3 is 3.19 bits per heavy atom. The summed E-state index contributed by atoms with van der Waals surface area (Å²) in [4.78, 5) is 25.7. The highest BCUT2D eigenvalue weighted by Gasteiger charge is 2.17. The van der Waals surface area contributed by atoms with Crippen LogP contribution in [0, 0.1) is 5.92 Å². The molecule has 0 aromatic carbocycles. The van der Waals surface area contributed by atoms with Gasteiger partial charge in [-0.25, -0.2) is 0 Å². The van der Waals surface area contributed by atoms with Gasteiger partial charge in [-0.1, -0.05) is 0 Å². The minimum absolute atomic E-state index is 0.154. The molecule has 2 rings (SSSR count). The van der Waals surface area contributed by atoms with Crippen LogP contribution in [0.25, 0.3) is 0 Å². The number of carbonyl (C=O) groups excluding carboxylic acids is 1. The summed E-state index contributed by atoms with van der Waals surface area (Å²) in [5.74, 6) is 0.0421. The molecule has 86 valence electrons. The van der Waals surface area contributed by atoms with Crippen LogP contribution in [0.3, 0.4) is 0 Å². The number of aromatic nitrogens is 1. The first-order valence-electron chi connectivity index (χ1n) is 5.30. The van der Waals surface area contributed by atoms with Crippen molar-refractivity contribution in [2.45, 2.75) is 6.42 Å². The second kappa shape index (κ2) is 4.94. The standard InChI is InChI=1S/C11H14N2O3/c14-10-1-3-12-6-9(10)11(15)13-5-8-2-4-16-7-8/h1,3,6,8H,2,4-5,7H2,(H,12,14)(H,13,15). The van der Waals surface area contributed by atoms with Crippen molar-refractivity contribution in [2.24, 2.45) is 5.92 Å². The van der Waals surface area contributed by atoms with E-state index in [0.717, 1.165) is 13.0 Å². The first kappa shape index (κ1) is 10.9. The van der Waals surface area contributed by atoms with E-state index >= 15 is 0 Å². The summed E-state index contributed by atoms with van der Waals surface area (Å²) in [6.45, 7) is 2.01. The van der Waals surface area contributed by atoms with E-state index in [1.165, 1.54) is 18.5 Å². The maximum absolute atomic E-state index is 11.7. The van der Waals surface area contributed by atoms with Crippen molar-refractivity contribution >= 4 is 5.91 Å². The second-order valence-electron chi connectivity index (χ2n) is 3.86. The van der Waals surface area contributed by atoms with Crippen LogP contribution in [0.1, 0.15) is 16.8 Å². The lowest BCUT2D eigenvalue weighted by Crippen LogP contribution is -2.32. The van der Waals surface area contributed by atoms with Crippen LogP contribution in [-0.2, 0) is 4.74 Å². The molecule has 1 aliphatic rings. The smallest absolute Gasteiger partial charge is 0.256 e. The summed E-state index contributed by atoms with van der Waals surface area (Å²) in [5, 5.41) is 2.74. The highest BCUT2D eigenvalue weighted by molar-refractivity contribution is 5.93. The third-order valence-corrected chi connectivity index (χ3v) is 2.64. The Morgan fingerprint density at radius 1 is 1.62 bits per heavy atom. The summed E-state index contributed by atoms with van der Waals surface area (Å²) in [6, 6.07) is 1.34. The van der Waals surface area contributed by atoms with Gasteiger partial charge in [0.15, 0.2) is 5.43 Å². The molecule has 0 aliphatic carbocycles. The van der Waals surface area contributed by atoms with Gasteiger partial charge in [-0.05, 0) is 6.42 Å². The summed E-state index contributed by atoms with van der Waals surface area (Å²) in [6.07, 6.45) is 3.89. The Balaban J connectivity index is 1.93. The van der Waals surface area contributed by atoms with E-state index < -0.39 is 0 Å². The van der Waals surface area contributed by atoms with Gasteiger partial charge in [0.2, 0.25) is 0 Å². The van der Waals surface area contributed by atoms with E-state index in [2.05, 4.69) is 10.3 Å². The number of ether oxygens (including phenoxy) is 1. The SMILES string of the molecule is O=C(NCC1CCOC1)c1c[nH]ccc1=O. The van der Waals surface area contributed by atoms with Crippen molar-refractivity contribution < 1.29 is 9.53 Å². The number of pyridine rings is 1. The summed E-state index contributed by atoms with van der Waals surface area (Å²) >= 11 is 0. The van der Waals surface area contributed by atoms with Crippen LogP contribution in [0.5, 0.6) is 0 Å². The molecule has 2 heterocycles. The largest absolute Gasteiger partial charge is 0.381 e. The minimum Gasteiger partial charge on any atom is -0.381 e. The number of H-pyrrole nitrogens is 1. The Labute approximate surface area is 92.8 Å². The fraction of sp³-hybridized carbons (Fsp3) is 0.455. The topological polar surface area (TPSA) is 71.2 Å². The predicted molar refractivity (Wildman–Crippen MR) is 58.3 cm³/mol. The first-order chi connectivity index (χ1) is 7.77. The van der Waals surface area contributed by atoms with E-state index in [4.69, 9.17) is 4.74 Å².